The van der Waals surface area contributed by atoms with Gasteiger partial charge in [-0.3, -0.25) is 9.59 Å². The van der Waals surface area contributed by atoms with Crippen LogP contribution in [0.25, 0.3) is 0 Å². The van der Waals surface area contributed by atoms with Gasteiger partial charge in [0.15, 0.2) is 0 Å². The Morgan fingerprint density at radius 2 is 1.90 bits per heavy atom. The summed E-state index contributed by atoms with van der Waals surface area (Å²) in [4.78, 5) is 24.6. The van der Waals surface area contributed by atoms with Crippen LogP contribution in [-0.2, 0) is 9.59 Å². The Morgan fingerprint density at radius 1 is 1.24 bits per heavy atom. The van der Waals surface area contributed by atoms with E-state index in [0.717, 1.165) is 6.42 Å². The van der Waals surface area contributed by atoms with Gasteiger partial charge < -0.3 is 10.6 Å². The molecule has 1 unspecified atom stereocenters. The van der Waals surface area contributed by atoms with E-state index in [4.69, 9.17) is 23.2 Å². The highest BCUT2D eigenvalue weighted by Gasteiger charge is 2.56. The van der Waals surface area contributed by atoms with Crippen molar-refractivity contribution in [2.24, 2.45) is 5.41 Å². The number of nitrogens with one attached hydrogen (secondary N) is 2. The third-order valence-corrected chi connectivity index (χ3v) is 4.53. The van der Waals surface area contributed by atoms with Gasteiger partial charge in [0.1, 0.15) is 5.41 Å². The fraction of sp³-hybridized carbons (Fsp3) is 0.467. The van der Waals surface area contributed by atoms with E-state index in [2.05, 4.69) is 10.6 Å². The zero-order chi connectivity index (χ0) is 15.6. The molecule has 4 nitrogen and oxygen atoms in total. The molecule has 0 saturated heterocycles. The van der Waals surface area contributed by atoms with Crippen molar-refractivity contribution >= 4 is 40.7 Å². The molecule has 0 spiro atoms. The summed E-state index contributed by atoms with van der Waals surface area (Å²) in [5.41, 5.74) is -0.396. The first-order valence-electron chi connectivity index (χ1n) is 6.96. The Balaban J connectivity index is 2.05. The van der Waals surface area contributed by atoms with Crippen LogP contribution in [0, 0.1) is 5.41 Å². The van der Waals surface area contributed by atoms with Gasteiger partial charge in [-0.05, 0) is 44.4 Å². The average Bonchev–Trinajstić information content (AvgIpc) is 3.24. The van der Waals surface area contributed by atoms with E-state index in [-0.39, 0.29) is 17.9 Å². The topological polar surface area (TPSA) is 58.2 Å². The van der Waals surface area contributed by atoms with Crippen molar-refractivity contribution in [3.8, 4) is 0 Å². The minimum absolute atomic E-state index is 0.0627. The second-order valence-electron chi connectivity index (χ2n) is 5.45. The second kappa shape index (κ2) is 6.24. The third kappa shape index (κ3) is 3.50. The summed E-state index contributed by atoms with van der Waals surface area (Å²) in [6.07, 6.45) is 1.97. The number of carbonyl (C=O) groups is 2. The fourth-order valence-electron chi connectivity index (χ4n) is 1.97. The quantitative estimate of drug-likeness (QED) is 0.811. The predicted octanol–water partition coefficient (Wildman–Crippen LogP) is 3.63. The molecule has 2 rings (SSSR count). The van der Waals surface area contributed by atoms with Crippen LogP contribution < -0.4 is 10.6 Å². The first-order chi connectivity index (χ1) is 9.89. The molecule has 2 amide bonds. The summed E-state index contributed by atoms with van der Waals surface area (Å²) >= 11 is 11.7. The Bertz CT molecular complexity index is 571. The molecule has 1 aliphatic carbocycles. The number of amides is 2. The van der Waals surface area contributed by atoms with Crippen LogP contribution in [0.1, 0.15) is 33.1 Å². The Hall–Kier alpha value is -1.26. The lowest BCUT2D eigenvalue weighted by Crippen LogP contribution is -2.43. The average molecular weight is 329 g/mol. The standard InChI is InChI=1S/C15H18Cl2N2O2/c1-3-9(2)18-13(20)15(6-7-15)14(21)19-10-4-5-11(16)12(17)8-10/h4-5,8-9H,3,6-7H2,1-2H3,(H,18,20)(H,19,21). The van der Waals surface area contributed by atoms with Crippen LogP contribution in [-0.4, -0.2) is 17.9 Å². The van der Waals surface area contributed by atoms with Crippen molar-refractivity contribution in [3.05, 3.63) is 28.2 Å². The minimum atomic E-state index is -0.935. The Kier molecular flexibility index (Phi) is 4.79. The Morgan fingerprint density at radius 3 is 2.43 bits per heavy atom. The van der Waals surface area contributed by atoms with Gasteiger partial charge in [-0.25, -0.2) is 0 Å². The molecule has 0 heterocycles. The van der Waals surface area contributed by atoms with Crippen molar-refractivity contribution in [2.45, 2.75) is 39.2 Å². The maximum Gasteiger partial charge on any atom is 0.240 e. The van der Waals surface area contributed by atoms with Crippen LogP contribution >= 0.6 is 23.2 Å². The highest BCUT2D eigenvalue weighted by molar-refractivity contribution is 6.42. The lowest BCUT2D eigenvalue weighted by molar-refractivity contribution is -0.134. The maximum atomic E-state index is 12.4. The molecule has 0 radical (unpaired) electrons. The largest absolute Gasteiger partial charge is 0.353 e. The van der Waals surface area contributed by atoms with Gasteiger partial charge in [0.05, 0.1) is 10.0 Å². The lowest BCUT2D eigenvalue weighted by atomic mass is 10.0. The maximum absolute atomic E-state index is 12.4. The highest BCUT2D eigenvalue weighted by Crippen LogP contribution is 2.47. The summed E-state index contributed by atoms with van der Waals surface area (Å²) in [6, 6.07) is 4.91. The summed E-state index contributed by atoms with van der Waals surface area (Å²) in [5, 5.41) is 6.40. The molecule has 21 heavy (non-hydrogen) atoms. The fourth-order valence-corrected chi connectivity index (χ4v) is 2.27. The number of benzene rings is 1. The minimum Gasteiger partial charge on any atom is -0.353 e. The van der Waals surface area contributed by atoms with Crippen molar-refractivity contribution in [3.63, 3.8) is 0 Å². The molecule has 1 aliphatic rings. The zero-order valence-corrected chi connectivity index (χ0v) is 13.5. The molecule has 1 aromatic rings. The number of carbonyl (C=O) groups excluding carboxylic acids is 2. The Labute approximate surface area is 134 Å². The number of rotatable bonds is 5. The first-order valence-corrected chi connectivity index (χ1v) is 7.72. The van der Waals surface area contributed by atoms with Gasteiger partial charge in [-0.1, -0.05) is 30.1 Å². The monoisotopic (exact) mass is 328 g/mol. The van der Waals surface area contributed by atoms with Gasteiger partial charge in [0, 0.05) is 11.7 Å². The molecular weight excluding hydrogens is 311 g/mol. The van der Waals surface area contributed by atoms with Crippen LogP contribution in [0.2, 0.25) is 10.0 Å². The molecule has 2 N–H and O–H groups in total. The van der Waals surface area contributed by atoms with E-state index in [1.54, 1.807) is 18.2 Å². The van der Waals surface area contributed by atoms with Crippen molar-refractivity contribution < 1.29 is 9.59 Å². The lowest BCUT2D eigenvalue weighted by Gasteiger charge is -2.18. The number of hydrogen-bond acceptors (Lipinski definition) is 2. The van der Waals surface area contributed by atoms with Crippen molar-refractivity contribution in [2.75, 3.05) is 5.32 Å². The normalized spacial score (nSPS) is 17.0. The highest BCUT2D eigenvalue weighted by atomic mass is 35.5. The first kappa shape index (κ1) is 16.1. The molecule has 0 aromatic heterocycles. The third-order valence-electron chi connectivity index (χ3n) is 3.79. The summed E-state index contributed by atoms with van der Waals surface area (Å²) in [7, 11) is 0. The zero-order valence-electron chi connectivity index (χ0n) is 12.0. The van der Waals surface area contributed by atoms with Crippen LogP contribution in [0.15, 0.2) is 18.2 Å². The van der Waals surface area contributed by atoms with Gasteiger partial charge in [0.25, 0.3) is 0 Å². The van der Waals surface area contributed by atoms with Gasteiger partial charge in [0.2, 0.25) is 11.8 Å². The van der Waals surface area contributed by atoms with E-state index in [1.807, 2.05) is 13.8 Å². The van der Waals surface area contributed by atoms with Crippen LogP contribution in [0.4, 0.5) is 5.69 Å². The summed E-state index contributed by atoms with van der Waals surface area (Å²) in [6.45, 7) is 3.91. The van der Waals surface area contributed by atoms with E-state index in [0.29, 0.717) is 28.6 Å². The molecule has 0 bridgehead atoms. The van der Waals surface area contributed by atoms with E-state index >= 15 is 0 Å². The molecule has 114 valence electrons. The van der Waals surface area contributed by atoms with Crippen LogP contribution in [0.5, 0.6) is 0 Å². The van der Waals surface area contributed by atoms with E-state index < -0.39 is 5.41 Å². The van der Waals surface area contributed by atoms with Gasteiger partial charge in [-0.15, -0.1) is 0 Å². The van der Waals surface area contributed by atoms with E-state index in [9.17, 15) is 9.59 Å². The summed E-state index contributed by atoms with van der Waals surface area (Å²) in [5.74, 6) is -0.490. The second-order valence-corrected chi connectivity index (χ2v) is 6.26. The predicted molar refractivity (Wildman–Crippen MR) is 84.7 cm³/mol. The molecule has 0 aliphatic heterocycles. The van der Waals surface area contributed by atoms with E-state index in [1.165, 1.54) is 0 Å². The molecule has 1 saturated carbocycles. The van der Waals surface area contributed by atoms with Crippen LogP contribution in [0.3, 0.4) is 0 Å². The van der Waals surface area contributed by atoms with Gasteiger partial charge in [-0.2, -0.15) is 0 Å². The molecule has 1 atom stereocenters. The number of hydrogen-bond donors (Lipinski definition) is 2. The van der Waals surface area contributed by atoms with Gasteiger partial charge >= 0.3 is 0 Å². The number of anilines is 1. The molecule has 1 aromatic carbocycles. The SMILES string of the molecule is CCC(C)NC(=O)C1(C(=O)Nc2ccc(Cl)c(Cl)c2)CC1. The molecule has 1 fully saturated rings. The summed E-state index contributed by atoms with van der Waals surface area (Å²) < 4.78 is 0. The smallest absolute Gasteiger partial charge is 0.240 e. The van der Waals surface area contributed by atoms with Crippen molar-refractivity contribution in [1.29, 1.82) is 0 Å². The number of halogens is 2. The molecule has 6 heteroatoms. The molecular formula is C15H18Cl2N2O2. The van der Waals surface area contributed by atoms with Crippen molar-refractivity contribution in [1.82, 2.24) is 5.32 Å².